The Labute approximate surface area is 161 Å². The Morgan fingerprint density at radius 2 is 1.88 bits per heavy atom. The molecule has 6 nitrogen and oxygen atoms in total. The van der Waals surface area contributed by atoms with E-state index in [1.54, 1.807) is 30.5 Å². The summed E-state index contributed by atoms with van der Waals surface area (Å²) in [6.07, 6.45) is 1.70. The molecule has 0 saturated heterocycles. The highest BCUT2D eigenvalue weighted by atomic mass is 35.5. The maximum absolute atomic E-state index is 9.27. The Balaban J connectivity index is 1.97. The summed E-state index contributed by atoms with van der Waals surface area (Å²) < 4.78 is 0. The lowest BCUT2D eigenvalue weighted by Crippen LogP contribution is -2.21. The fourth-order valence-corrected chi connectivity index (χ4v) is 2.51. The fraction of sp³-hybridized carbons (Fsp3) is 0.167. The van der Waals surface area contributed by atoms with Crippen molar-refractivity contribution in [1.82, 2.24) is 15.0 Å². The molecular formula is C18H17Cl2N5O. The predicted molar refractivity (Wildman–Crippen MR) is 105 cm³/mol. The lowest BCUT2D eigenvalue weighted by atomic mass is 10.2. The van der Waals surface area contributed by atoms with Crippen molar-refractivity contribution in [3.8, 4) is 11.4 Å². The highest BCUT2D eigenvalue weighted by Crippen LogP contribution is 2.28. The molecule has 1 atom stereocenters. The van der Waals surface area contributed by atoms with Gasteiger partial charge in [0.1, 0.15) is 5.82 Å². The third kappa shape index (κ3) is 4.60. The summed E-state index contributed by atoms with van der Waals surface area (Å²) in [7, 11) is 0. The number of aliphatic hydroxyl groups excluding tert-OH is 1. The normalized spacial score (nSPS) is 11.8. The zero-order valence-electron chi connectivity index (χ0n) is 13.9. The van der Waals surface area contributed by atoms with Crippen LogP contribution in [0.2, 0.25) is 10.0 Å². The van der Waals surface area contributed by atoms with Crippen LogP contribution >= 0.6 is 23.2 Å². The highest BCUT2D eigenvalue weighted by molar-refractivity contribution is 6.42. The summed E-state index contributed by atoms with van der Waals surface area (Å²) in [6, 6.07) is 12.4. The molecule has 0 radical (unpaired) electrons. The Hall–Kier alpha value is -2.41. The van der Waals surface area contributed by atoms with Crippen LogP contribution in [-0.2, 0) is 0 Å². The molecule has 26 heavy (non-hydrogen) atoms. The first kappa shape index (κ1) is 18.4. The van der Waals surface area contributed by atoms with E-state index in [1.165, 1.54) is 0 Å². The molecule has 0 aliphatic rings. The molecule has 2 heterocycles. The van der Waals surface area contributed by atoms with Crippen LogP contribution in [-0.4, -0.2) is 32.7 Å². The van der Waals surface area contributed by atoms with Gasteiger partial charge in [-0.3, -0.25) is 4.98 Å². The third-order valence-corrected chi connectivity index (χ3v) is 4.23. The van der Waals surface area contributed by atoms with Gasteiger partial charge in [0.2, 0.25) is 5.95 Å². The Morgan fingerprint density at radius 3 is 2.58 bits per heavy atom. The lowest BCUT2D eigenvalue weighted by Gasteiger charge is -2.14. The number of hydrogen-bond donors (Lipinski definition) is 3. The number of nitrogens with one attached hydrogen (secondary N) is 2. The average molecular weight is 390 g/mol. The van der Waals surface area contributed by atoms with E-state index in [2.05, 4.69) is 25.6 Å². The van der Waals surface area contributed by atoms with Crippen molar-refractivity contribution in [1.29, 1.82) is 0 Å². The summed E-state index contributed by atoms with van der Waals surface area (Å²) in [5.74, 6) is 0.948. The maximum atomic E-state index is 9.27. The molecule has 0 aliphatic carbocycles. The van der Waals surface area contributed by atoms with E-state index in [9.17, 15) is 5.11 Å². The van der Waals surface area contributed by atoms with Gasteiger partial charge in [0.25, 0.3) is 0 Å². The average Bonchev–Trinajstić information content (AvgIpc) is 2.65. The second kappa shape index (κ2) is 8.31. The molecule has 2 aromatic heterocycles. The summed E-state index contributed by atoms with van der Waals surface area (Å²) in [4.78, 5) is 13.3. The summed E-state index contributed by atoms with van der Waals surface area (Å²) in [5, 5.41) is 16.4. The fourth-order valence-electron chi connectivity index (χ4n) is 2.21. The number of halogens is 2. The molecule has 8 heteroatoms. The predicted octanol–water partition coefficient (Wildman–Crippen LogP) is 4.38. The zero-order chi connectivity index (χ0) is 18.5. The van der Waals surface area contributed by atoms with Crippen LogP contribution in [0.5, 0.6) is 0 Å². The zero-order valence-corrected chi connectivity index (χ0v) is 15.5. The molecule has 3 rings (SSSR count). The standard InChI is InChI=1S/C18H17Cl2N5O/c1-11(10-26)22-18-24-16(15-4-2-3-7-21-15)9-17(25-18)23-12-5-6-13(19)14(20)8-12/h2-9,11,26H,10H2,1H3,(H2,22,23,24,25)/t11-/m0/s1. The Kier molecular flexibility index (Phi) is 5.88. The first-order valence-electron chi connectivity index (χ1n) is 7.95. The van der Waals surface area contributed by atoms with Gasteiger partial charge < -0.3 is 15.7 Å². The summed E-state index contributed by atoms with van der Waals surface area (Å²) in [5.41, 5.74) is 2.11. The van der Waals surface area contributed by atoms with E-state index in [-0.39, 0.29) is 12.6 Å². The molecule has 134 valence electrons. The maximum Gasteiger partial charge on any atom is 0.225 e. The third-order valence-electron chi connectivity index (χ3n) is 3.49. The van der Waals surface area contributed by atoms with Crippen molar-refractivity contribution in [3.63, 3.8) is 0 Å². The van der Waals surface area contributed by atoms with Crippen LogP contribution in [0.25, 0.3) is 11.4 Å². The van der Waals surface area contributed by atoms with Gasteiger partial charge in [-0.05, 0) is 37.3 Å². The van der Waals surface area contributed by atoms with Crippen LogP contribution in [0, 0.1) is 0 Å². The van der Waals surface area contributed by atoms with Crippen molar-refractivity contribution in [3.05, 3.63) is 58.7 Å². The Morgan fingerprint density at radius 1 is 1.04 bits per heavy atom. The number of aromatic nitrogens is 3. The number of benzene rings is 1. The minimum Gasteiger partial charge on any atom is -0.394 e. The summed E-state index contributed by atoms with van der Waals surface area (Å²) in [6.45, 7) is 1.80. The minimum absolute atomic E-state index is 0.0350. The van der Waals surface area contributed by atoms with Gasteiger partial charge in [-0.25, -0.2) is 4.98 Å². The van der Waals surface area contributed by atoms with E-state index in [0.29, 0.717) is 33.2 Å². The van der Waals surface area contributed by atoms with E-state index in [1.807, 2.05) is 25.1 Å². The molecule has 1 aromatic carbocycles. The Bertz CT molecular complexity index is 892. The van der Waals surface area contributed by atoms with Gasteiger partial charge >= 0.3 is 0 Å². The lowest BCUT2D eigenvalue weighted by molar-refractivity contribution is 0.281. The summed E-state index contributed by atoms with van der Waals surface area (Å²) >= 11 is 12.0. The van der Waals surface area contributed by atoms with Crippen LogP contribution in [0.3, 0.4) is 0 Å². The van der Waals surface area contributed by atoms with Crippen LogP contribution in [0.15, 0.2) is 48.7 Å². The SMILES string of the molecule is C[C@@H](CO)Nc1nc(Nc2ccc(Cl)c(Cl)c2)cc(-c2ccccn2)n1. The molecule has 0 amide bonds. The van der Waals surface area contributed by atoms with Gasteiger partial charge in [-0.1, -0.05) is 29.3 Å². The van der Waals surface area contributed by atoms with Gasteiger partial charge in [-0.15, -0.1) is 0 Å². The molecule has 0 fully saturated rings. The second-order valence-corrected chi connectivity index (χ2v) is 6.47. The number of pyridine rings is 1. The molecule has 0 saturated carbocycles. The van der Waals surface area contributed by atoms with Crippen LogP contribution < -0.4 is 10.6 Å². The van der Waals surface area contributed by atoms with E-state index in [4.69, 9.17) is 23.2 Å². The number of aliphatic hydroxyl groups is 1. The van der Waals surface area contributed by atoms with Gasteiger partial charge in [0.05, 0.1) is 28.0 Å². The smallest absolute Gasteiger partial charge is 0.225 e. The molecule has 0 spiro atoms. The molecule has 0 aliphatic heterocycles. The quantitative estimate of drug-likeness (QED) is 0.579. The van der Waals surface area contributed by atoms with E-state index in [0.717, 1.165) is 5.69 Å². The first-order chi connectivity index (χ1) is 12.5. The molecule has 0 bridgehead atoms. The minimum atomic E-state index is -0.188. The molecule has 0 unspecified atom stereocenters. The van der Waals surface area contributed by atoms with E-state index >= 15 is 0 Å². The number of rotatable bonds is 6. The van der Waals surface area contributed by atoms with Crippen LogP contribution in [0.4, 0.5) is 17.5 Å². The van der Waals surface area contributed by atoms with Gasteiger partial charge in [0.15, 0.2) is 0 Å². The van der Waals surface area contributed by atoms with Gasteiger partial charge in [-0.2, -0.15) is 4.98 Å². The van der Waals surface area contributed by atoms with Crippen molar-refractivity contribution < 1.29 is 5.11 Å². The van der Waals surface area contributed by atoms with Crippen molar-refractivity contribution in [2.75, 3.05) is 17.2 Å². The van der Waals surface area contributed by atoms with Crippen molar-refractivity contribution in [2.45, 2.75) is 13.0 Å². The van der Waals surface area contributed by atoms with Gasteiger partial charge in [0, 0.05) is 24.0 Å². The van der Waals surface area contributed by atoms with Crippen molar-refractivity contribution >= 4 is 40.7 Å². The monoisotopic (exact) mass is 389 g/mol. The van der Waals surface area contributed by atoms with Crippen molar-refractivity contribution in [2.24, 2.45) is 0 Å². The van der Waals surface area contributed by atoms with E-state index < -0.39 is 0 Å². The molecular weight excluding hydrogens is 373 g/mol. The molecule has 3 aromatic rings. The van der Waals surface area contributed by atoms with Crippen LogP contribution in [0.1, 0.15) is 6.92 Å². The molecule has 3 N–H and O–H groups in total. The highest BCUT2D eigenvalue weighted by Gasteiger charge is 2.10. The number of anilines is 3. The first-order valence-corrected chi connectivity index (χ1v) is 8.70. The number of nitrogens with zero attached hydrogens (tertiary/aromatic N) is 3. The number of hydrogen-bond acceptors (Lipinski definition) is 6. The largest absolute Gasteiger partial charge is 0.394 e. The topological polar surface area (TPSA) is 83.0 Å². The second-order valence-electron chi connectivity index (χ2n) is 5.66.